The maximum absolute atomic E-state index is 11.0. The zero-order valence-electron chi connectivity index (χ0n) is 6.92. The van der Waals surface area contributed by atoms with E-state index >= 15 is 0 Å². The molecular weight excluding hydrogens is 142 g/mol. The van der Waals surface area contributed by atoms with E-state index in [1.807, 2.05) is 7.05 Å². The highest BCUT2D eigenvalue weighted by molar-refractivity contribution is 5.74. The summed E-state index contributed by atoms with van der Waals surface area (Å²) in [6, 6.07) is 0. The highest BCUT2D eigenvalue weighted by Crippen LogP contribution is 2.63. The van der Waals surface area contributed by atoms with Gasteiger partial charge in [0.15, 0.2) is 0 Å². The van der Waals surface area contributed by atoms with Gasteiger partial charge in [0.25, 0.3) is 0 Å². The number of nitrogens with zero attached hydrogens (tertiary/aromatic N) is 1. The van der Waals surface area contributed by atoms with E-state index in [2.05, 4.69) is 0 Å². The predicted molar refractivity (Wildman–Crippen MR) is 40.0 cm³/mol. The van der Waals surface area contributed by atoms with E-state index in [1.165, 1.54) is 0 Å². The fraction of sp³-hybridized carbons (Fsp3) is 0.875. The second-order valence-electron chi connectivity index (χ2n) is 4.06. The number of amides is 1. The monoisotopic (exact) mass is 155 g/mol. The third kappa shape index (κ3) is 0.692. The zero-order chi connectivity index (χ0) is 8.28. The molecule has 0 atom stereocenters. The van der Waals surface area contributed by atoms with Crippen LogP contribution >= 0.6 is 0 Å². The average Bonchev–Trinajstić information content (AvgIpc) is 1.77. The molecule has 2 bridgehead atoms. The van der Waals surface area contributed by atoms with Gasteiger partial charge in [-0.1, -0.05) is 0 Å². The normalized spacial score (nSPS) is 45.7. The third-order valence-corrected chi connectivity index (χ3v) is 3.16. The van der Waals surface area contributed by atoms with Gasteiger partial charge in [-0.25, -0.2) is 0 Å². The van der Waals surface area contributed by atoms with Crippen LogP contribution in [-0.2, 0) is 4.79 Å². The van der Waals surface area contributed by atoms with Crippen LogP contribution in [0.15, 0.2) is 0 Å². The van der Waals surface area contributed by atoms with Gasteiger partial charge in [-0.3, -0.25) is 4.79 Å². The Morgan fingerprint density at radius 3 is 2.18 bits per heavy atom. The molecule has 0 radical (unpaired) electrons. The Bertz CT molecular complexity index is 204. The molecule has 3 aliphatic rings. The van der Waals surface area contributed by atoms with E-state index in [1.54, 1.807) is 11.8 Å². The van der Waals surface area contributed by atoms with Crippen molar-refractivity contribution in [2.24, 2.45) is 0 Å². The Kier molecular flexibility index (Phi) is 1.04. The first-order valence-electron chi connectivity index (χ1n) is 3.94. The quantitative estimate of drug-likeness (QED) is 0.584. The van der Waals surface area contributed by atoms with Gasteiger partial charge in [-0.2, -0.15) is 0 Å². The summed E-state index contributed by atoms with van der Waals surface area (Å²) in [4.78, 5) is 12.7. The second-order valence-corrected chi connectivity index (χ2v) is 4.06. The van der Waals surface area contributed by atoms with Crippen LogP contribution in [0.1, 0.15) is 26.2 Å². The lowest BCUT2D eigenvalue weighted by molar-refractivity contribution is -0.257. The van der Waals surface area contributed by atoms with Gasteiger partial charge in [0.1, 0.15) is 0 Å². The summed E-state index contributed by atoms with van der Waals surface area (Å²) in [7, 11) is 1.82. The summed E-state index contributed by atoms with van der Waals surface area (Å²) in [6.45, 7) is 1.57. The Morgan fingerprint density at radius 1 is 1.45 bits per heavy atom. The van der Waals surface area contributed by atoms with Gasteiger partial charge >= 0.3 is 0 Å². The van der Waals surface area contributed by atoms with Crippen molar-refractivity contribution in [3.8, 4) is 0 Å². The van der Waals surface area contributed by atoms with Crippen LogP contribution in [0.5, 0.6) is 0 Å². The Morgan fingerprint density at radius 2 is 1.91 bits per heavy atom. The average molecular weight is 155 g/mol. The largest absolute Gasteiger partial charge is 0.390 e. The Labute approximate surface area is 66.0 Å². The lowest BCUT2D eigenvalue weighted by atomic mass is 9.45. The van der Waals surface area contributed by atoms with Crippen molar-refractivity contribution in [1.82, 2.24) is 4.90 Å². The first kappa shape index (κ1) is 7.10. The van der Waals surface area contributed by atoms with Gasteiger partial charge in [0.05, 0.1) is 11.1 Å². The van der Waals surface area contributed by atoms with E-state index in [0.29, 0.717) is 0 Å². The molecular formula is C8H13NO2. The summed E-state index contributed by atoms with van der Waals surface area (Å²) >= 11 is 0. The molecule has 1 amide bonds. The van der Waals surface area contributed by atoms with Gasteiger partial charge in [0.2, 0.25) is 5.91 Å². The topological polar surface area (TPSA) is 40.5 Å². The Hall–Kier alpha value is -0.570. The minimum absolute atomic E-state index is 0.0422. The van der Waals surface area contributed by atoms with E-state index in [9.17, 15) is 9.90 Å². The summed E-state index contributed by atoms with van der Waals surface area (Å²) in [5.74, 6) is 0.103. The van der Waals surface area contributed by atoms with Gasteiger partial charge in [-0.15, -0.1) is 0 Å². The molecule has 1 N–H and O–H groups in total. The smallest absolute Gasteiger partial charge is 0.219 e. The molecule has 3 fully saturated rings. The van der Waals surface area contributed by atoms with Gasteiger partial charge in [0, 0.05) is 14.0 Å². The molecule has 0 aromatic heterocycles. The van der Waals surface area contributed by atoms with Crippen LogP contribution in [-0.4, -0.2) is 34.1 Å². The fourth-order valence-corrected chi connectivity index (χ4v) is 2.37. The van der Waals surface area contributed by atoms with E-state index in [0.717, 1.165) is 19.3 Å². The van der Waals surface area contributed by atoms with Gasteiger partial charge in [-0.05, 0) is 19.3 Å². The van der Waals surface area contributed by atoms with Crippen LogP contribution in [0.2, 0.25) is 0 Å². The summed E-state index contributed by atoms with van der Waals surface area (Å²) in [5.41, 5.74) is -0.357. The van der Waals surface area contributed by atoms with Crippen LogP contribution in [0.25, 0.3) is 0 Å². The van der Waals surface area contributed by atoms with Crippen LogP contribution in [0.4, 0.5) is 0 Å². The fourth-order valence-electron chi connectivity index (χ4n) is 2.37. The third-order valence-electron chi connectivity index (χ3n) is 3.16. The molecule has 3 nitrogen and oxygen atoms in total. The number of aliphatic hydroxyl groups is 1. The first-order chi connectivity index (χ1) is 4.98. The van der Waals surface area contributed by atoms with E-state index in [-0.39, 0.29) is 11.4 Å². The number of carbonyl (C=O) groups is 1. The molecule has 0 heterocycles. The van der Waals surface area contributed by atoms with Crippen molar-refractivity contribution in [2.45, 2.75) is 37.3 Å². The standard InChI is InChI=1S/C8H13NO2/c1-6(10)9(2)7-3-8(11,4-7)5-7/h11H,3-5H2,1-2H3. The van der Waals surface area contributed by atoms with Crippen LogP contribution in [0.3, 0.4) is 0 Å². The zero-order valence-corrected chi connectivity index (χ0v) is 6.92. The first-order valence-corrected chi connectivity index (χ1v) is 3.94. The van der Waals surface area contributed by atoms with Crippen LogP contribution < -0.4 is 0 Å². The number of carbonyl (C=O) groups excluding carboxylic acids is 1. The second kappa shape index (κ2) is 1.61. The molecule has 0 unspecified atom stereocenters. The lowest BCUT2D eigenvalue weighted by Crippen LogP contribution is -2.78. The van der Waals surface area contributed by atoms with Crippen molar-refractivity contribution < 1.29 is 9.90 Å². The molecule has 0 spiro atoms. The molecule has 3 rings (SSSR count). The number of hydrogen-bond acceptors (Lipinski definition) is 2. The summed E-state index contributed by atoms with van der Waals surface area (Å²) in [6.07, 6.45) is 2.36. The van der Waals surface area contributed by atoms with Crippen molar-refractivity contribution in [3.05, 3.63) is 0 Å². The molecule has 0 aromatic rings. The minimum atomic E-state index is -0.399. The van der Waals surface area contributed by atoms with Gasteiger partial charge < -0.3 is 10.0 Å². The summed E-state index contributed by atoms with van der Waals surface area (Å²) < 4.78 is 0. The molecule has 0 saturated heterocycles. The summed E-state index contributed by atoms with van der Waals surface area (Å²) in [5, 5.41) is 9.44. The van der Waals surface area contributed by atoms with E-state index < -0.39 is 5.60 Å². The van der Waals surface area contributed by atoms with Crippen molar-refractivity contribution in [3.63, 3.8) is 0 Å². The molecule has 3 aliphatic carbocycles. The van der Waals surface area contributed by atoms with Crippen molar-refractivity contribution >= 4 is 5.91 Å². The molecule has 11 heavy (non-hydrogen) atoms. The number of rotatable bonds is 1. The molecule has 0 aromatic carbocycles. The maximum Gasteiger partial charge on any atom is 0.219 e. The number of hydrogen-bond donors (Lipinski definition) is 1. The van der Waals surface area contributed by atoms with Crippen molar-refractivity contribution in [1.29, 1.82) is 0 Å². The molecule has 3 saturated carbocycles. The SMILES string of the molecule is CC(=O)N(C)C12CC(O)(C1)C2. The lowest BCUT2D eigenvalue weighted by Gasteiger charge is -2.70. The molecule has 0 aliphatic heterocycles. The molecule has 62 valence electrons. The van der Waals surface area contributed by atoms with E-state index in [4.69, 9.17) is 0 Å². The highest BCUT2D eigenvalue weighted by atomic mass is 16.3. The predicted octanol–water partition coefficient (Wildman–Crippen LogP) is 0.132. The van der Waals surface area contributed by atoms with Crippen LogP contribution in [0, 0.1) is 0 Å². The molecule has 3 heteroatoms. The maximum atomic E-state index is 11.0. The highest BCUT2D eigenvalue weighted by Gasteiger charge is 2.69. The minimum Gasteiger partial charge on any atom is -0.390 e. The van der Waals surface area contributed by atoms with Crippen molar-refractivity contribution in [2.75, 3.05) is 7.05 Å². The Balaban J connectivity index is 2.04.